The Labute approximate surface area is 208 Å². The summed E-state index contributed by atoms with van der Waals surface area (Å²) in [5.74, 6) is 3.72. The Bertz CT molecular complexity index is 861. The van der Waals surface area contributed by atoms with Crippen molar-refractivity contribution in [2.75, 3.05) is 41.0 Å². The first-order chi connectivity index (χ1) is 15.1. The third-order valence-electron chi connectivity index (χ3n) is 4.80. The molecule has 0 bridgehead atoms. The van der Waals surface area contributed by atoms with Gasteiger partial charge in [-0.25, -0.2) is 0 Å². The standard InChI is InChI=1S/C24H35N3O4.HI/c1-7-30-21-12-10-19(16-23(21)31-8-2)17(3)27-24(25-4)26-14-13-18-9-11-20(28-5)22(15-18)29-6;/h9-12,15-17H,7-8,13-14H2,1-6H3,(H2,25,26,27);1H. The fourth-order valence-corrected chi connectivity index (χ4v) is 3.18. The van der Waals surface area contributed by atoms with Crippen LogP contribution in [0.3, 0.4) is 0 Å². The van der Waals surface area contributed by atoms with E-state index in [1.807, 2.05) is 50.2 Å². The van der Waals surface area contributed by atoms with Gasteiger partial charge in [0, 0.05) is 13.6 Å². The molecule has 0 aliphatic carbocycles. The molecule has 2 N–H and O–H groups in total. The number of ether oxygens (including phenoxy) is 4. The van der Waals surface area contributed by atoms with E-state index in [4.69, 9.17) is 18.9 Å². The first kappa shape index (κ1) is 27.7. The van der Waals surface area contributed by atoms with Crippen LogP contribution in [-0.4, -0.2) is 47.0 Å². The molecular weight excluding hydrogens is 521 g/mol. The van der Waals surface area contributed by atoms with Gasteiger partial charge in [0.1, 0.15) is 0 Å². The Morgan fingerprint density at radius 3 is 2.19 bits per heavy atom. The highest BCUT2D eigenvalue weighted by Gasteiger charge is 2.12. The summed E-state index contributed by atoms with van der Waals surface area (Å²) in [6.07, 6.45) is 0.826. The molecule has 178 valence electrons. The van der Waals surface area contributed by atoms with Crippen molar-refractivity contribution in [3.63, 3.8) is 0 Å². The molecule has 0 fully saturated rings. The van der Waals surface area contributed by atoms with Crippen LogP contribution in [0.15, 0.2) is 41.4 Å². The van der Waals surface area contributed by atoms with E-state index in [2.05, 4.69) is 22.5 Å². The van der Waals surface area contributed by atoms with Gasteiger partial charge in [-0.05, 0) is 62.6 Å². The monoisotopic (exact) mass is 557 g/mol. The maximum absolute atomic E-state index is 5.74. The lowest BCUT2D eigenvalue weighted by atomic mass is 10.1. The second-order valence-corrected chi connectivity index (χ2v) is 6.88. The number of methoxy groups -OCH3 is 2. The minimum absolute atomic E-state index is 0. The first-order valence-corrected chi connectivity index (χ1v) is 10.6. The Morgan fingerprint density at radius 1 is 0.906 bits per heavy atom. The number of nitrogens with zero attached hydrogens (tertiary/aromatic N) is 1. The Balaban J connectivity index is 0.00000512. The van der Waals surface area contributed by atoms with Gasteiger partial charge in [0.25, 0.3) is 0 Å². The summed E-state index contributed by atoms with van der Waals surface area (Å²) in [6.45, 7) is 7.94. The molecule has 2 aromatic carbocycles. The van der Waals surface area contributed by atoms with Gasteiger partial charge in [-0.2, -0.15) is 0 Å². The minimum Gasteiger partial charge on any atom is -0.493 e. The highest BCUT2D eigenvalue weighted by atomic mass is 127. The van der Waals surface area contributed by atoms with E-state index in [0.29, 0.717) is 13.2 Å². The molecule has 1 unspecified atom stereocenters. The molecule has 2 rings (SSSR count). The zero-order valence-electron chi connectivity index (χ0n) is 19.9. The molecule has 2 aromatic rings. The zero-order valence-corrected chi connectivity index (χ0v) is 22.2. The van der Waals surface area contributed by atoms with E-state index < -0.39 is 0 Å². The molecule has 1 atom stereocenters. The van der Waals surface area contributed by atoms with Crippen LogP contribution in [-0.2, 0) is 6.42 Å². The number of hydrogen-bond donors (Lipinski definition) is 2. The summed E-state index contributed by atoms with van der Waals surface area (Å²) in [5, 5.41) is 6.80. The lowest BCUT2D eigenvalue weighted by molar-refractivity contribution is 0.287. The minimum atomic E-state index is 0. The molecule has 32 heavy (non-hydrogen) atoms. The quantitative estimate of drug-likeness (QED) is 0.239. The summed E-state index contributed by atoms with van der Waals surface area (Å²) < 4.78 is 22.1. The number of hydrogen-bond acceptors (Lipinski definition) is 5. The van der Waals surface area contributed by atoms with Crippen molar-refractivity contribution in [3.05, 3.63) is 47.5 Å². The van der Waals surface area contributed by atoms with Crippen molar-refractivity contribution < 1.29 is 18.9 Å². The van der Waals surface area contributed by atoms with Crippen molar-refractivity contribution in [1.29, 1.82) is 0 Å². The van der Waals surface area contributed by atoms with Crippen LogP contribution in [0.1, 0.15) is 37.9 Å². The van der Waals surface area contributed by atoms with E-state index >= 15 is 0 Å². The number of benzene rings is 2. The lowest BCUT2D eigenvalue weighted by Crippen LogP contribution is -2.39. The Hall–Kier alpha value is -2.36. The fourth-order valence-electron chi connectivity index (χ4n) is 3.18. The summed E-state index contributed by atoms with van der Waals surface area (Å²) in [5.41, 5.74) is 2.25. The Morgan fingerprint density at radius 2 is 1.56 bits per heavy atom. The molecule has 0 spiro atoms. The van der Waals surface area contributed by atoms with E-state index in [0.717, 1.165) is 53.1 Å². The van der Waals surface area contributed by atoms with Gasteiger partial charge in [0.05, 0.1) is 33.5 Å². The maximum Gasteiger partial charge on any atom is 0.191 e. The van der Waals surface area contributed by atoms with Gasteiger partial charge in [-0.3, -0.25) is 4.99 Å². The number of aliphatic imine (C=N–C) groups is 1. The topological polar surface area (TPSA) is 73.3 Å². The SMILES string of the molecule is CCOc1ccc(C(C)NC(=NC)NCCc2ccc(OC)c(OC)c2)cc1OCC.I. The molecule has 0 amide bonds. The van der Waals surface area contributed by atoms with Crippen LogP contribution in [0.4, 0.5) is 0 Å². The number of nitrogens with one attached hydrogen (secondary N) is 2. The highest BCUT2D eigenvalue weighted by molar-refractivity contribution is 14.0. The zero-order chi connectivity index (χ0) is 22.6. The largest absolute Gasteiger partial charge is 0.493 e. The summed E-state index contributed by atoms with van der Waals surface area (Å²) in [4.78, 5) is 4.35. The maximum atomic E-state index is 5.74. The van der Waals surface area contributed by atoms with Crippen LogP contribution in [0.5, 0.6) is 23.0 Å². The third kappa shape index (κ3) is 7.96. The van der Waals surface area contributed by atoms with Crippen molar-refractivity contribution >= 4 is 29.9 Å². The van der Waals surface area contributed by atoms with Gasteiger partial charge in [0.2, 0.25) is 0 Å². The molecular formula is C24H36IN3O4. The summed E-state index contributed by atoms with van der Waals surface area (Å²) >= 11 is 0. The Kier molecular flexibility index (Phi) is 12.7. The van der Waals surface area contributed by atoms with Crippen LogP contribution in [0, 0.1) is 0 Å². The van der Waals surface area contributed by atoms with Crippen LogP contribution < -0.4 is 29.6 Å². The molecule has 8 heteroatoms. The fraction of sp³-hybridized carbons (Fsp3) is 0.458. The molecule has 0 radical (unpaired) electrons. The molecule has 7 nitrogen and oxygen atoms in total. The summed E-state index contributed by atoms with van der Waals surface area (Å²) in [7, 11) is 5.05. The van der Waals surface area contributed by atoms with Crippen LogP contribution >= 0.6 is 24.0 Å². The molecule has 0 saturated carbocycles. The van der Waals surface area contributed by atoms with Gasteiger partial charge < -0.3 is 29.6 Å². The van der Waals surface area contributed by atoms with Crippen LogP contribution in [0.25, 0.3) is 0 Å². The van der Waals surface area contributed by atoms with Gasteiger partial charge in [0.15, 0.2) is 29.0 Å². The average Bonchev–Trinajstić information content (AvgIpc) is 2.79. The van der Waals surface area contributed by atoms with Gasteiger partial charge in [-0.15, -0.1) is 24.0 Å². The molecule has 0 saturated heterocycles. The van der Waals surface area contributed by atoms with E-state index in [9.17, 15) is 0 Å². The second kappa shape index (κ2) is 14.7. The van der Waals surface area contributed by atoms with E-state index in [1.54, 1.807) is 21.3 Å². The molecule has 0 aliphatic rings. The molecule has 0 aromatic heterocycles. The average molecular weight is 557 g/mol. The van der Waals surface area contributed by atoms with Crippen LogP contribution in [0.2, 0.25) is 0 Å². The smallest absolute Gasteiger partial charge is 0.191 e. The van der Waals surface area contributed by atoms with Gasteiger partial charge >= 0.3 is 0 Å². The predicted octanol–water partition coefficient (Wildman–Crippen LogP) is 4.59. The van der Waals surface area contributed by atoms with Crippen molar-refractivity contribution in [1.82, 2.24) is 10.6 Å². The number of guanidine groups is 1. The molecule has 0 heterocycles. The van der Waals surface area contributed by atoms with Crippen molar-refractivity contribution in [2.24, 2.45) is 4.99 Å². The highest BCUT2D eigenvalue weighted by Crippen LogP contribution is 2.31. The second-order valence-electron chi connectivity index (χ2n) is 6.88. The molecule has 0 aliphatic heterocycles. The summed E-state index contributed by atoms with van der Waals surface area (Å²) in [6, 6.07) is 12.0. The number of rotatable bonds is 11. The normalized spacial score (nSPS) is 11.8. The van der Waals surface area contributed by atoms with Crippen molar-refractivity contribution in [2.45, 2.75) is 33.2 Å². The third-order valence-corrected chi connectivity index (χ3v) is 4.80. The lowest BCUT2D eigenvalue weighted by Gasteiger charge is -2.20. The predicted molar refractivity (Wildman–Crippen MR) is 140 cm³/mol. The van der Waals surface area contributed by atoms with Gasteiger partial charge in [-0.1, -0.05) is 12.1 Å². The first-order valence-electron chi connectivity index (χ1n) is 10.6. The number of halogens is 1. The van der Waals surface area contributed by atoms with E-state index in [1.165, 1.54) is 0 Å². The van der Waals surface area contributed by atoms with E-state index in [-0.39, 0.29) is 30.0 Å². The van der Waals surface area contributed by atoms with Crippen molar-refractivity contribution in [3.8, 4) is 23.0 Å².